The largest absolute Gasteiger partial charge is 0.416 e. The lowest BCUT2D eigenvalue weighted by Crippen LogP contribution is -2.67. The van der Waals surface area contributed by atoms with Gasteiger partial charge in [0.1, 0.15) is 17.0 Å². The molecule has 1 aliphatic heterocycles. The molecule has 1 spiro atoms. The number of anilines is 1. The number of aromatic nitrogens is 3. The zero-order valence-corrected chi connectivity index (χ0v) is 19.4. The molecule has 35 heavy (non-hydrogen) atoms. The molecule has 1 saturated heterocycles. The van der Waals surface area contributed by atoms with E-state index >= 15 is 0 Å². The van der Waals surface area contributed by atoms with Crippen molar-refractivity contribution in [3.05, 3.63) is 53.2 Å². The number of likely N-dealkylation sites (tertiary alicyclic amines) is 1. The number of nitrogens with zero attached hydrogens (tertiary/aromatic N) is 5. The zero-order valence-electron chi connectivity index (χ0n) is 19.4. The van der Waals surface area contributed by atoms with Gasteiger partial charge in [-0.2, -0.15) is 18.3 Å². The monoisotopic (exact) mass is 492 g/mol. The highest BCUT2D eigenvalue weighted by Crippen LogP contribution is 2.50. The molecule has 1 aromatic carbocycles. The number of imidazole rings is 1. The summed E-state index contributed by atoms with van der Waals surface area (Å²) in [6, 6.07) is 0.885. The summed E-state index contributed by atoms with van der Waals surface area (Å²) in [5.41, 5.74) is -0.709. The van der Waals surface area contributed by atoms with Crippen LogP contribution in [0.1, 0.15) is 34.3 Å². The van der Waals surface area contributed by atoms with E-state index in [4.69, 9.17) is 0 Å². The van der Waals surface area contributed by atoms with Crippen LogP contribution in [0, 0.1) is 18.2 Å². The molecule has 186 valence electrons. The number of hydrogen-bond acceptors (Lipinski definition) is 3. The first-order valence-electron chi connectivity index (χ1n) is 11.1. The van der Waals surface area contributed by atoms with E-state index in [0.717, 1.165) is 24.7 Å². The molecule has 3 heterocycles. The maximum atomic E-state index is 14.0. The summed E-state index contributed by atoms with van der Waals surface area (Å²) in [5.74, 6) is -1.13. The van der Waals surface area contributed by atoms with Crippen LogP contribution in [0.4, 0.5) is 28.0 Å². The molecule has 2 aliphatic rings. The van der Waals surface area contributed by atoms with Crippen LogP contribution < -0.4 is 5.32 Å². The molecule has 3 aromatic rings. The van der Waals surface area contributed by atoms with Crippen molar-refractivity contribution in [2.45, 2.75) is 32.0 Å². The molecule has 0 radical (unpaired) electrons. The van der Waals surface area contributed by atoms with E-state index in [0.29, 0.717) is 31.5 Å². The van der Waals surface area contributed by atoms with Crippen LogP contribution in [-0.2, 0) is 13.2 Å². The average molecular weight is 492 g/mol. The number of rotatable bonds is 3. The Bertz CT molecular complexity index is 1330. The average Bonchev–Trinajstić information content (AvgIpc) is 3.30. The van der Waals surface area contributed by atoms with Gasteiger partial charge in [-0.05, 0) is 37.5 Å². The number of amides is 3. The summed E-state index contributed by atoms with van der Waals surface area (Å²) in [4.78, 5) is 28.7. The van der Waals surface area contributed by atoms with Crippen molar-refractivity contribution >= 4 is 23.3 Å². The van der Waals surface area contributed by atoms with E-state index in [2.05, 4.69) is 10.4 Å². The fourth-order valence-electron chi connectivity index (χ4n) is 5.17. The standard InChI is InChI=1S/C23H24F4N6O2/c1-13-17(23(25,26)27)6-14(7-18(13)24)29-21(35)31(3)15-8-22(9-15)11-32(12-22)20(34)16-10-28-33-5-4-30(2)19(16)33/h4-7,10,15H,8-9,11-12H2,1-3H3,(H,29,35). The fraction of sp³-hybridized carbons (Fsp3) is 0.435. The SMILES string of the molecule is Cc1c(F)cc(NC(=O)N(C)C2CC3(C2)CN(C(=O)c2cnn4ccn(C)c24)C3)cc1C(F)(F)F. The lowest BCUT2D eigenvalue weighted by atomic mass is 9.60. The van der Waals surface area contributed by atoms with Crippen LogP contribution in [-0.4, -0.2) is 62.1 Å². The smallest absolute Gasteiger partial charge is 0.337 e. The number of carbonyl (C=O) groups excluding carboxylic acids is 2. The normalized spacial score (nSPS) is 17.4. The number of aryl methyl sites for hydroxylation is 1. The van der Waals surface area contributed by atoms with E-state index < -0.39 is 29.2 Å². The third-order valence-corrected chi connectivity index (χ3v) is 7.21. The van der Waals surface area contributed by atoms with Crippen molar-refractivity contribution in [3.8, 4) is 0 Å². The molecule has 12 heteroatoms. The number of hydrogen-bond donors (Lipinski definition) is 1. The van der Waals surface area contributed by atoms with E-state index in [9.17, 15) is 27.2 Å². The maximum Gasteiger partial charge on any atom is 0.416 e. The fourth-order valence-corrected chi connectivity index (χ4v) is 5.17. The van der Waals surface area contributed by atoms with Gasteiger partial charge in [-0.3, -0.25) is 4.79 Å². The second-order valence-electron chi connectivity index (χ2n) is 9.63. The minimum atomic E-state index is -4.73. The molecule has 0 unspecified atom stereocenters. The molecule has 1 N–H and O–H groups in total. The van der Waals surface area contributed by atoms with Crippen LogP contribution >= 0.6 is 0 Å². The Balaban J connectivity index is 1.18. The van der Waals surface area contributed by atoms with Gasteiger partial charge in [-0.15, -0.1) is 0 Å². The van der Waals surface area contributed by atoms with Gasteiger partial charge in [0.2, 0.25) is 0 Å². The van der Waals surface area contributed by atoms with E-state index in [-0.39, 0.29) is 23.1 Å². The Labute approximate surface area is 198 Å². The van der Waals surface area contributed by atoms with Crippen molar-refractivity contribution in [1.82, 2.24) is 24.0 Å². The first-order valence-corrected chi connectivity index (χ1v) is 11.1. The number of alkyl halides is 3. The molecule has 8 nitrogen and oxygen atoms in total. The van der Waals surface area contributed by atoms with Crippen LogP contribution in [0.5, 0.6) is 0 Å². The first-order chi connectivity index (χ1) is 16.4. The zero-order chi connectivity index (χ0) is 25.3. The van der Waals surface area contributed by atoms with Gasteiger partial charge in [-0.1, -0.05) is 0 Å². The highest BCUT2D eigenvalue weighted by Gasteiger charge is 2.55. The van der Waals surface area contributed by atoms with Gasteiger partial charge >= 0.3 is 12.2 Å². The van der Waals surface area contributed by atoms with Crippen LogP contribution in [0.3, 0.4) is 0 Å². The van der Waals surface area contributed by atoms with Crippen molar-refractivity contribution < 1.29 is 27.2 Å². The molecule has 2 fully saturated rings. The number of halogens is 4. The summed E-state index contributed by atoms with van der Waals surface area (Å²) in [5, 5.41) is 6.57. The number of benzene rings is 1. The predicted octanol–water partition coefficient (Wildman–Crippen LogP) is 3.91. The summed E-state index contributed by atoms with van der Waals surface area (Å²) in [6.07, 6.45) is 1.77. The van der Waals surface area contributed by atoms with Gasteiger partial charge in [0.15, 0.2) is 0 Å². The number of fused-ring (bicyclic) bond motifs is 1. The molecule has 2 aromatic heterocycles. The molecule has 1 saturated carbocycles. The molecule has 1 aliphatic carbocycles. The summed E-state index contributed by atoms with van der Waals surface area (Å²) in [6.45, 7) is 2.18. The molecule has 5 rings (SSSR count). The van der Waals surface area contributed by atoms with Crippen molar-refractivity contribution in [1.29, 1.82) is 0 Å². The highest BCUT2D eigenvalue weighted by molar-refractivity contribution is 6.00. The van der Waals surface area contributed by atoms with Gasteiger partial charge in [-0.25, -0.2) is 13.7 Å². The van der Waals surface area contributed by atoms with Crippen LogP contribution in [0.25, 0.3) is 5.65 Å². The highest BCUT2D eigenvalue weighted by atomic mass is 19.4. The summed E-state index contributed by atoms with van der Waals surface area (Å²) < 4.78 is 57.0. The predicted molar refractivity (Wildman–Crippen MR) is 118 cm³/mol. The third kappa shape index (κ3) is 3.80. The number of nitrogens with one attached hydrogen (secondary N) is 1. The van der Waals surface area contributed by atoms with Gasteiger partial charge in [0.05, 0.1) is 11.8 Å². The number of carbonyl (C=O) groups is 2. The Kier molecular flexibility index (Phi) is 5.11. The second kappa shape index (κ2) is 7.72. The lowest BCUT2D eigenvalue weighted by molar-refractivity contribution is -0.138. The van der Waals surface area contributed by atoms with E-state index in [1.807, 2.05) is 17.8 Å². The second-order valence-corrected chi connectivity index (χ2v) is 9.63. The molecule has 0 bridgehead atoms. The minimum absolute atomic E-state index is 0.0746. The van der Waals surface area contributed by atoms with Crippen molar-refractivity contribution in [2.75, 3.05) is 25.5 Å². The molecule has 3 amide bonds. The minimum Gasteiger partial charge on any atom is -0.337 e. The van der Waals surface area contributed by atoms with Gasteiger partial charge < -0.3 is 19.7 Å². The Hall–Kier alpha value is -3.57. The topological polar surface area (TPSA) is 74.9 Å². The lowest BCUT2D eigenvalue weighted by Gasteiger charge is -2.60. The van der Waals surface area contributed by atoms with E-state index in [1.54, 1.807) is 28.9 Å². The van der Waals surface area contributed by atoms with Gasteiger partial charge in [0, 0.05) is 56.7 Å². The Morgan fingerprint density at radius 2 is 1.89 bits per heavy atom. The Morgan fingerprint density at radius 1 is 1.20 bits per heavy atom. The molecular weight excluding hydrogens is 468 g/mol. The quantitative estimate of drug-likeness (QED) is 0.564. The first kappa shape index (κ1) is 23.2. The van der Waals surface area contributed by atoms with E-state index in [1.165, 1.54) is 4.90 Å². The van der Waals surface area contributed by atoms with Gasteiger partial charge in [0.25, 0.3) is 5.91 Å². The molecular formula is C23H24F4N6O2. The summed E-state index contributed by atoms with van der Waals surface area (Å²) in [7, 11) is 3.40. The number of urea groups is 1. The van der Waals surface area contributed by atoms with Crippen molar-refractivity contribution in [2.24, 2.45) is 12.5 Å². The third-order valence-electron chi connectivity index (χ3n) is 7.21. The van der Waals surface area contributed by atoms with Crippen molar-refractivity contribution in [3.63, 3.8) is 0 Å². The maximum absolute atomic E-state index is 14.0. The van der Waals surface area contributed by atoms with Crippen LogP contribution in [0.15, 0.2) is 30.7 Å². The van der Waals surface area contributed by atoms with Crippen LogP contribution in [0.2, 0.25) is 0 Å². The summed E-state index contributed by atoms with van der Waals surface area (Å²) >= 11 is 0. The Morgan fingerprint density at radius 3 is 2.54 bits per heavy atom. The molecule has 0 atom stereocenters.